The smallest absolute Gasteiger partial charge is 0.184 e. The number of thiocarbonyl (C=S) groups is 1. The van der Waals surface area contributed by atoms with Gasteiger partial charge in [-0.15, -0.1) is 0 Å². The monoisotopic (exact) mass is 199 g/mol. The molecule has 3 nitrogen and oxygen atoms in total. The zero-order chi connectivity index (χ0) is 9.68. The lowest BCUT2D eigenvalue weighted by atomic mass is 9.86. The van der Waals surface area contributed by atoms with Crippen LogP contribution in [0, 0.1) is 5.92 Å². The lowest BCUT2D eigenvalue weighted by molar-refractivity contribution is 0.437. The molecule has 0 radical (unpaired) electrons. The number of nitrogens with zero attached hydrogens (tertiary/aromatic N) is 1. The molecule has 0 saturated heterocycles. The van der Waals surface area contributed by atoms with Gasteiger partial charge in [0.15, 0.2) is 5.11 Å². The van der Waals surface area contributed by atoms with Crippen molar-refractivity contribution < 1.29 is 0 Å². The molecule has 74 valence electrons. The van der Waals surface area contributed by atoms with Gasteiger partial charge in [0.1, 0.15) is 0 Å². The normalized spacial score (nSPS) is 19.9. The van der Waals surface area contributed by atoms with Gasteiger partial charge in [0.25, 0.3) is 0 Å². The number of rotatable bonds is 2. The Kier molecular flexibility index (Phi) is 4.15. The van der Waals surface area contributed by atoms with E-state index in [4.69, 9.17) is 5.73 Å². The van der Waals surface area contributed by atoms with Gasteiger partial charge in [-0.1, -0.05) is 19.3 Å². The lowest BCUT2D eigenvalue weighted by Crippen LogP contribution is -2.27. The summed E-state index contributed by atoms with van der Waals surface area (Å²) in [5, 5.41) is 4.39. The van der Waals surface area contributed by atoms with Gasteiger partial charge in [-0.05, 0) is 37.9 Å². The first-order chi connectivity index (χ1) is 6.20. The van der Waals surface area contributed by atoms with Crippen molar-refractivity contribution in [1.29, 1.82) is 0 Å². The Morgan fingerprint density at radius 1 is 1.38 bits per heavy atom. The van der Waals surface area contributed by atoms with Crippen molar-refractivity contribution in [2.24, 2.45) is 16.8 Å². The quantitative estimate of drug-likeness (QED) is 0.405. The van der Waals surface area contributed by atoms with Gasteiger partial charge in [-0.3, -0.25) is 5.43 Å². The van der Waals surface area contributed by atoms with E-state index in [1.54, 1.807) is 0 Å². The molecule has 1 rings (SSSR count). The second kappa shape index (κ2) is 5.17. The van der Waals surface area contributed by atoms with Crippen LogP contribution in [0.3, 0.4) is 0 Å². The Labute approximate surface area is 84.8 Å². The summed E-state index contributed by atoms with van der Waals surface area (Å²) in [4.78, 5) is 0. The predicted octanol–water partition coefficient (Wildman–Crippen LogP) is 1.78. The van der Waals surface area contributed by atoms with Crippen LogP contribution in [0.25, 0.3) is 0 Å². The van der Waals surface area contributed by atoms with Crippen molar-refractivity contribution in [1.82, 2.24) is 5.43 Å². The summed E-state index contributed by atoms with van der Waals surface area (Å²) < 4.78 is 0. The van der Waals surface area contributed by atoms with E-state index >= 15 is 0 Å². The van der Waals surface area contributed by atoms with Crippen LogP contribution in [-0.4, -0.2) is 10.8 Å². The Morgan fingerprint density at radius 3 is 2.54 bits per heavy atom. The van der Waals surface area contributed by atoms with Crippen molar-refractivity contribution in [2.75, 3.05) is 0 Å². The molecule has 13 heavy (non-hydrogen) atoms. The fourth-order valence-corrected chi connectivity index (χ4v) is 1.80. The van der Waals surface area contributed by atoms with E-state index in [0.29, 0.717) is 5.92 Å². The van der Waals surface area contributed by atoms with E-state index in [-0.39, 0.29) is 5.11 Å². The highest BCUT2D eigenvalue weighted by Crippen LogP contribution is 2.24. The fraction of sp³-hybridized carbons (Fsp3) is 0.778. The molecule has 0 unspecified atom stereocenters. The first kappa shape index (κ1) is 10.4. The van der Waals surface area contributed by atoms with Crippen LogP contribution in [0.4, 0.5) is 0 Å². The average molecular weight is 199 g/mol. The van der Waals surface area contributed by atoms with E-state index in [1.807, 2.05) is 6.92 Å². The van der Waals surface area contributed by atoms with E-state index < -0.39 is 0 Å². The van der Waals surface area contributed by atoms with Crippen LogP contribution in [0.5, 0.6) is 0 Å². The topological polar surface area (TPSA) is 50.4 Å². The Bertz CT molecular complexity index is 207. The third-order valence-corrected chi connectivity index (χ3v) is 2.63. The van der Waals surface area contributed by atoms with Gasteiger partial charge >= 0.3 is 0 Å². The molecule has 0 bridgehead atoms. The summed E-state index contributed by atoms with van der Waals surface area (Å²) in [7, 11) is 0. The van der Waals surface area contributed by atoms with Gasteiger partial charge in [-0.2, -0.15) is 5.10 Å². The maximum Gasteiger partial charge on any atom is 0.184 e. The first-order valence-electron chi connectivity index (χ1n) is 4.80. The van der Waals surface area contributed by atoms with Crippen molar-refractivity contribution in [2.45, 2.75) is 39.0 Å². The van der Waals surface area contributed by atoms with Gasteiger partial charge in [0.2, 0.25) is 0 Å². The van der Waals surface area contributed by atoms with Gasteiger partial charge in [-0.25, -0.2) is 0 Å². The van der Waals surface area contributed by atoms with Crippen molar-refractivity contribution in [3.8, 4) is 0 Å². The van der Waals surface area contributed by atoms with Crippen molar-refractivity contribution in [3.63, 3.8) is 0 Å². The Morgan fingerprint density at radius 2 is 2.00 bits per heavy atom. The van der Waals surface area contributed by atoms with Crippen LogP contribution in [-0.2, 0) is 0 Å². The minimum absolute atomic E-state index is 0.246. The van der Waals surface area contributed by atoms with Gasteiger partial charge in [0.05, 0.1) is 0 Å². The number of nitrogens with one attached hydrogen (secondary N) is 1. The highest BCUT2D eigenvalue weighted by Gasteiger charge is 2.15. The number of nitrogens with two attached hydrogens (primary N) is 1. The van der Waals surface area contributed by atoms with Crippen LogP contribution in [0.1, 0.15) is 39.0 Å². The summed E-state index contributed by atoms with van der Waals surface area (Å²) in [5.74, 6) is 0.635. The highest BCUT2D eigenvalue weighted by atomic mass is 32.1. The molecule has 0 heterocycles. The molecule has 1 aliphatic carbocycles. The van der Waals surface area contributed by atoms with Crippen LogP contribution < -0.4 is 11.2 Å². The van der Waals surface area contributed by atoms with Crippen LogP contribution >= 0.6 is 12.2 Å². The molecular weight excluding hydrogens is 182 g/mol. The molecule has 0 aromatic heterocycles. The summed E-state index contributed by atoms with van der Waals surface area (Å²) in [6.45, 7) is 2.04. The average Bonchev–Trinajstić information content (AvgIpc) is 2.15. The standard InChI is InChI=1S/C9H17N3S/c1-7(11-12-9(10)13)8-5-3-2-4-6-8/h8H,2-6H2,1H3,(H3,10,12,13)/b11-7+. The molecule has 0 amide bonds. The van der Waals surface area contributed by atoms with E-state index in [9.17, 15) is 0 Å². The molecule has 0 aromatic carbocycles. The molecule has 0 aliphatic heterocycles. The zero-order valence-corrected chi connectivity index (χ0v) is 8.86. The van der Waals surface area contributed by atoms with E-state index in [1.165, 1.54) is 32.1 Å². The largest absolute Gasteiger partial charge is 0.375 e. The fourth-order valence-electron chi connectivity index (χ4n) is 1.75. The highest BCUT2D eigenvalue weighted by molar-refractivity contribution is 7.80. The number of hydrogen-bond acceptors (Lipinski definition) is 2. The Hall–Kier alpha value is -0.640. The summed E-state index contributed by atoms with van der Waals surface area (Å²) in [5.41, 5.74) is 9.06. The number of hydrazone groups is 1. The second-order valence-corrected chi connectivity index (χ2v) is 4.00. The van der Waals surface area contributed by atoms with E-state index in [2.05, 4.69) is 22.7 Å². The van der Waals surface area contributed by atoms with E-state index in [0.717, 1.165) is 5.71 Å². The molecule has 0 spiro atoms. The molecular formula is C9H17N3S. The maximum absolute atomic E-state index is 5.28. The van der Waals surface area contributed by atoms with Gasteiger partial charge in [0, 0.05) is 5.71 Å². The summed E-state index contributed by atoms with van der Waals surface area (Å²) in [6, 6.07) is 0. The summed E-state index contributed by atoms with van der Waals surface area (Å²) in [6.07, 6.45) is 6.53. The van der Waals surface area contributed by atoms with Crippen molar-refractivity contribution >= 4 is 23.0 Å². The molecule has 0 aromatic rings. The predicted molar refractivity (Wildman–Crippen MR) is 59.6 cm³/mol. The summed E-state index contributed by atoms with van der Waals surface area (Å²) >= 11 is 4.67. The zero-order valence-electron chi connectivity index (χ0n) is 8.05. The molecule has 0 atom stereocenters. The maximum atomic E-state index is 5.28. The van der Waals surface area contributed by atoms with Gasteiger partial charge < -0.3 is 5.73 Å². The molecule has 1 fully saturated rings. The minimum atomic E-state index is 0.246. The first-order valence-corrected chi connectivity index (χ1v) is 5.20. The van der Waals surface area contributed by atoms with Crippen LogP contribution in [0.2, 0.25) is 0 Å². The van der Waals surface area contributed by atoms with Crippen LogP contribution in [0.15, 0.2) is 5.10 Å². The molecule has 4 heteroatoms. The second-order valence-electron chi connectivity index (χ2n) is 3.56. The number of hydrogen-bond donors (Lipinski definition) is 2. The Balaban J connectivity index is 2.39. The lowest BCUT2D eigenvalue weighted by Gasteiger charge is -2.21. The molecule has 1 aliphatic rings. The SMILES string of the molecule is C/C(=N\NC(N)=S)C1CCCCC1. The minimum Gasteiger partial charge on any atom is -0.375 e. The van der Waals surface area contributed by atoms with Crippen molar-refractivity contribution in [3.05, 3.63) is 0 Å². The molecule has 3 N–H and O–H groups in total. The third kappa shape index (κ3) is 3.72. The third-order valence-electron chi connectivity index (χ3n) is 2.54. The molecule has 1 saturated carbocycles.